The summed E-state index contributed by atoms with van der Waals surface area (Å²) in [6, 6.07) is 20.0. The molecular formula is C20H21N3O. The summed E-state index contributed by atoms with van der Waals surface area (Å²) in [6.45, 7) is 0.568. The molecule has 3 aromatic rings. The molecule has 0 bridgehead atoms. The standard InChI is InChI=1S/C20H21N3O/c1-23-15-18(20(22-23)17-10-6-3-7-11-17)12-13-19(24)21-14-16-8-4-2-5-9-16/h2-11,15H,12-14H2,1H3,(H,21,24). The van der Waals surface area contributed by atoms with Crippen LogP contribution in [0.1, 0.15) is 17.5 Å². The number of hydrogen-bond acceptors (Lipinski definition) is 2. The Hall–Kier alpha value is -2.88. The molecule has 1 N–H and O–H groups in total. The first-order valence-electron chi connectivity index (χ1n) is 8.11. The van der Waals surface area contributed by atoms with Gasteiger partial charge in [-0.2, -0.15) is 5.10 Å². The van der Waals surface area contributed by atoms with E-state index in [1.807, 2.05) is 73.9 Å². The van der Waals surface area contributed by atoms with E-state index in [-0.39, 0.29) is 5.91 Å². The third-order valence-corrected chi connectivity index (χ3v) is 3.91. The van der Waals surface area contributed by atoms with E-state index in [9.17, 15) is 4.79 Å². The Morgan fingerprint density at radius 1 is 1.04 bits per heavy atom. The van der Waals surface area contributed by atoms with Crippen LogP contribution in [0.4, 0.5) is 0 Å². The van der Waals surface area contributed by atoms with Crippen LogP contribution in [0.2, 0.25) is 0 Å². The Bertz CT molecular complexity index is 794. The quantitative estimate of drug-likeness (QED) is 0.757. The molecule has 0 spiro atoms. The molecule has 24 heavy (non-hydrogen) atoms. The molecular weight excluding hydrogens is 298 g/mol. The average Bonchev–Trinajstić information content (AvgIpc) is 3.00. The van der Waals surface area contributed by atoms with E-state index in [0.717, 1.165) is 22.4 Å². The second kappa shape index (κ2) is 7.59. The summed E-state index contributed by atoms with van der Waals surface area (Å²) in [5.74, 6) is 0.0571. The molecule has 0 radical (unpaired) electrons. The molecule has 0 atom stereocenters. The summed E-state index contributed by atoms with van der Waals surface area (Å²) in [5, 5.41) is 7.51. The number of rotatable bonds is 6. The highest BCUT2D eigenvalue weighted by molar-refractivity contribution is 5.76. The maximum Gasteiger partial charge on any atom is 0.220 e. The number of nitrogens with one attached hydrogen (secondary N) is 1. The first kappa shape index (κ1) is 16.0. The van der Waals surface area contributed by atoms with E-state index in [0.29, 0.717) is 19.4 Å². The van der Waals surface area contributed by atoms with Gasteiger partial charge in [-0.3, -0.25) is 9.48 Å². The van der Waals surface area contributed by atoms with E-state index in [2.05, 4.69) is 10.4 Å². The van der Waals surface area contributed by atoms with Crippen LogP contribution >= 0.6 is 0 Å². The van der Waals surface area contributed by atoms with Gasteiger partial charge in [0.1, 0.15) is 0 Å². The van der Waals surface area contributed by atoms with Crippen molar-refractivity contribution in [3.63, 3.8) is 0 Å². The third kappa shape index (κ3) is 4.10. The summed E-state index contributed by atoms with van der Waals surface area (Å²) >= 11 is 0. The van der Waals surface area contributed by atoms with Gasteiger partial charge in [0, 0.05) is 31.8 Å². The van der Waals surface area contributed by atoms with Crippen LogP contribution < -0.4 is 5.32 Å². The molecule has 1 aromatic heterocycles. The van der Waals surface area contributed by atoms with Crippen molar-refractivity contribution in [3.05, 3.63) is 78.0 Å². The highest BCUT2D eigenvalue weighted by atomic mass is 16.1. The van der Waals surface area contributed by atoms with Gasteiger partial charge < -0.3 is 5.32 Å². The molecule has 4 nitrogen and oxygen atoms in total. The van der Waals surface area contributed by atoms with Crippen molar-refractivity contribution in [3.8, 4) is 11.3 Å². The number of carbonyl (C=O) groups is 1. The van der Waals surface area contributed by atoms with E-state index >= 15 is 0 Å². The van der Waals surface area contributed by atoms with Crippen molar-refractivity contribution in [2.75, 3.05) is 0 Å². The van der Waals surface area contributed by atoms with Crippen molar-refractivity contribution >= 4 is 5.91 Å². The van der Waals surface area contributed by atoms with Crippen LogP contribution in [0.15, 0.2) is 66.9 Å². The fourth-order valence-electron chi connectivity index (χ4n) is 2.69. The molecule has 2 aromatic carbocycles. The minimum Gasteiger partial charge on any atom is -0.352 e. The summed E-state index contributed by atoms with van der Waals surface area (Å²) < 4.78 is 1.81. The zero-order valence-electron chi connectivity index (χ0n) is 13.8. The SMILES string of the molecule is Cn1cc(CCC(=O)NCc2ccccc2)c(-c2ccccc2)n1. The van der Waals surface area contributed by atoms with Gasteiger partial charge in [-0.15, -0.1) is 0 Å². The second-order valence-corrected chi connectivity index (χ2v) is 5.80. The highest BCUT2D eigenvalue weighted by Crippen LogP contribution is 2.22. The summed E-state index contributed by atoms with van der Waals surface area (Å²) in [5.41, 5.74) is 4.24. The maximum atomic E-state index is 12.1. The number of aryl methyl sites for hydroxylation is 2. The summed E-state index contributed by atoms with van der Waals surface area (Å²) in [6.07, 6.45) is 3.13. The number of nitrogens with zero attached hydrogens (tertiary/aromatic N) is 2. The van der Waals surface area contributed by atoms with Gasteiger partial charge in [0.05, 0.1) is 5.69 Å². The fourth-order valence-corrected chi connectivity index (χ4v) is 2.69. The molecule has 0 saturated carbocycles. The van der Waals surface area contributed by atoms with Crippen LogP contribution in [-0.2, 0) is 24.8 Å². The number of amides is 1. The van der Waals surface area contributed by atoms with Gasteiger partial charge >= 0.3 is 0 Å². The van der Waals surface area contributed by atoms with Crippen LogP contribution in [0.3, 0.4) is 0 Å². The molecule has 0 unspecified atom stereocenters. The Balaban J connectivity index is 1.60. The number of benzene rings is 2. The van der Waals surface area contributed by atoms with E-state index in [1.165, 1.54) is 0 Å². The predicted molar refractivity (Wildman–Crippen MR) is 95.3 cm³/mol. The lowest BCUT2D eigenvalue weighted by Gasteiger charge is -2.06. The normalized spacial score (nSPS) is 10.5. The molecule has 1 amide bonds. The maximum absolute atomic E-state index is 12.1. The molecule has 0 aliphatic rings. The predicted octanol–water partition coefficient (Wildman–Crippen LogP) is 3.34. The Labute approximate surface area is 142 Å². The first-order chi connectivity index (χ1) is 11.7. The number of hydrogen-bond donors (Lipinski definition) is 1. The van der Waals surface area contributed by atoms with E-state index in [1.54, 1.807) is 4.68 Å². The molecule has 0 fully saturated rings. The molecule has 3 rings (SSSR count). The molecule has 0 aliphatic heterocycles. The minimum atomic E-state index is 0.0571. The van der Waals surface area contributed by atoms with E-state index < -0.39 is 0 Å². The van der Waals surface area contributed by atoms with Crippen molar-refractivity contribution < 1.29 is 4.79 Å². The molecule has 1 heterocycles. The lowest BCUT2D eigenvalue weighted by molar-refractivity contribution is -0.121. The van der Waals surface area contributed by atoms with Gasteiger partial charge in [-0.05, 0) is 17.5 Å². The van der Waals surface area contributed by atoms with Crippen molar-refractivity contribution in [1.82, 2.24) is 15.1 Å². The van der Waals surface area contributed by atoms with Crippen LogP contribution in [0.25, 0.3) is 11.3 Å². The zero-order valence-corrected chi connectivity index (χ0v) is 13.8. The topological polar surface area (TPSA) is 46.9 Å². The monoisotopic (exact) mass is 319 g/mol. The van der Waals surface area contributed by atoms with Gasteiger partial charge in [-0.25, -0.2) is 0 Å². The fraction of sp³-hybridized carbons (Fsp3) is 0.200. The van der Waals surface area contributed by atoms with Gasteiger partial charge in [0.15, 0.2) is 0 Å². The van der Waals surface area contributed by atoms with Crippen LogP contribution in [0, 0.1) is 0 Å². The zero-order chi connectivity index (χ0) is 16.8. The largest absolute Gasteiger partial charge is 0.352 e. The lowest BCUT2D eigenvalue weighted by Crippen LogP contribution is -2.22. The number of carbonyl (C=O) groups excluding carboxylic acids is 1. The van der Waals surface area contributed by atoms with E-state index in [4.69, 9.17) is 0 Å². The minimum absolute atomic E-state index is 0.0571. The number of aromatic nitrogens is 2. The Kier molecular flexibility index (Phi) is 5.06. The Morgan fingerprint density at radius 3 is 2.42 bits per heavy atom. The van der Waals surface area contributed by atoms with Crippen molar-refractivity contribution in [2.45, 2.75) is 19.4 Å². The molecule has 4 heteroatoms. The average molecular weight is 319 g/mol. The third-order valence-electron chi connectivity index (χ3n) is 3.91. The van der Waals surface area contributed by atoms with Gasteiger partial charge in [-0.1, -0.05) is 60.7 Å². The van der Waals surface area contributed by atoms with Crippen LogP contribution in [-0.4, -0.2) is 15.7 Å². The van der Waals surface area contributed by atoms with Crippen molar-refractivity contribution in [2.24, 2.45) is 7.05 Å². The molecule has 122 valence electrons. The first-order valence-corrected chi connectivity index (χ1v) is 8.11. The Morgan fingerprint density at radius 2 is 1.71 bits per heavy atom. The van der Waals surface area contributed by atoms with Gasteiger partial charge in [0.2, 0.25) is 5.91 Å². The lowest BCUT2D eigenvalue weighted by atomic mass is 10.0. The molecule has 0 saturated heterocycles. The summed E-state index contributed by atoms with van der Waals surface area (Å²) in [7, 11) is 1.91. The second-order valence-electron chi connectivity index (χ2n) is 5.80. The van der Waals surface area contributed by atoms with Crippen LogP contribution in [0.5, 0.6) is 0 Å². The van der Waals surface area contributed by atoms with Crippen molar-refractivity contribution in [1.29, 1.82) is 0 Å². The highest BCUT2D eigenvalue weighted by Gasteiger charge is 2.11. The van der Waals surface area contributed by atoms with Gasteiger partial charge in [0.25, 0.3) is 0 Å². The molecule has 0 aliphatic carbocycles. The summed E-state index contributed by atoms with van der Waals surface area (Å²) in [4.78, 5) is 12.1. The smallest absolute Gasteiger partial charge is 0.220 e.